The predicted molar refractivity (Wildman–Crippen MR) is 123 cm³/mol. The molecule has 148 valence electrons. The maximum Gasteiger partial charge on any atom is 0.178 e. The first kappa shape index (κ1) is 19.9. The van der Waals surface area contributed by atoms with Crippen LogP contribution in [0.4, 0.5) is 5.82 Å². The third-order valence-electron chi connectivity index (χ3n) is 4.59. The minimum atomic E-state index is -0.210. The number of nitrogens with two attached hydrogens (primary N) is 1. The van der Waals surface area contributed by atoms with Crippen molar-refractivity contribution >= 4 is 29.3 Å². The molecule has 0 fully saturated rings. The molecule has 0 bridgehead atoms. The van der Waals surface area contributed by atoms with Crippen molar-refractivity contribution in [3.8, 4) is 11.5 Å². The molecule has 0 saturated heterocycles. The van der Waals surface area contributed by atoms with Crippen molar-refractivity contribution in [1.29, 1.82) is 0 Å². The number of aromatic nitrogens is 1. The number of hydrogen-bond donors (Lipinski definition) is 1. The highest BCUT2D eigenvalue weighted by Gasteiger charge is 2.27. The molecule has 1 unspecified atom stereocenters. The number of hydrogen-bond acceptors (Lipinski definition) is 6. The summed E-state index contributed by atoms with van der Waals surface area (Å²) in [6.45, 7) is 6.27. The van der Waals surface area contributed by atoms with Crippen molar-refractivity contribution in [2.45, 2.75) is 36.1 Å². The zero-order chi connectivity index (χ0) is 20.4. The first-order valence-electron chi connectivity index (χ1n) is 9.36. The quantitative estimate of drug-likeness (QED) is 0.522. The summed E-state index contributed by atoms with van der Waals surface area (Å²) in [5.74, 6) is 2.19. The lowest BCUT2D eigenvalue weighted by Crippen LogP contribution is -2.35. The van der Waals surface area contributed by atoms with Gasteiger partial charge in [0.2, 0.25) is 0 Å². The third-order valence-corrected chi connectivity index (χ3v) is 6.68. The molecule has 1 aliphatic rings. The molecule has 0 spiro atoms. The molecule has 0 aliphatic carbocycles. The summed E-state index contributed by atoms with van der Waals surface area (Å²) in [6, 6.07) is 18.3. The number of rotatable bonds is 5. The fourth-order valence-electron chi connectivity index (χ4n) is 3.07. The van der Waals surface area contributed by atoms with E-state index < -0.39 is 0 Å². The Morgan fingerprint density at radius 3 is 2.59 bits per heavy atom. The van der Waals surface area contributed by atoms with Gasteiger partial charge < -0.3 is 15.4 Å². The van der Waals surface area contributed by atoms with Crippen molar-refractivity contribution < 1.29 is 4.74 Å². The second kappa shape index (κ2) is 8.53. The third kappa shape index (κ3) is 4.45. The Labute approximate surface area is 180 Å². The molecular weight excluding hydrogens is 398 g/mol. The standard InChI is InChI=1S/C23H23N3OS2/c1-15-9-10-16(2)21(11-15)29-19-12-20(27-18-7-5-4-6-8-18)22(25-13-19)26-17(3)14-28-23(26)24/h4-14,23H,24H2,1-3H3. The van der Waals surface area contributed by atoms with E-state index >= 15 is 0 Å². The molecule has 2 aromatic carbocycles. The summed E-state index contributed by atoms with van der Waals surface area (Å²) in [5.41, 5.74) is 9.63. The molecule has 3 aromatic rings. The summed E-state index contributed by atoms with van der Waals surface area (Å²) in [5, 5.41) is 2.05. The van der Waals surface area contributed by atoms with Crippen LogP contribution in [0.5, 0.6) is 11.5 Å². The van der Waals surface area contributed by atoms with Crippen LogP contribution < -0.4 is 15.4 Å². The summed E-state index contributed by atoms with van der Waals surface area (Å²) in [4.78, 5) is 9.00. The number of para-hydroxylation sites is 1. The predicted octanol–water partition coefficient (Wildman–Crippen LogP) is 6.30. The summed E-state index contributed by atoms with van der Waals surface area (Å²) >= 11 is 3.27. The molecule has 2 N–H and O–H groups in total. The highest BCUT2D eigenvalue weighted by atomic mass is 32.2. The number of allylic oxidation sites excluding steroid dienone is 1. The molecule has 0 radical (unpaired) electrons. The van der Waals surface area contributed by atoms with E-state index in [9.17, 15) is 0 Å². The number of thioether (sulfide) groups is 1. The van der Waals surface area contributed by atoms with Gasteiger partial charge in [-0.1, -0.05) is 53.9 Å². The Kier molecular flexibility index (Phi) is 5.85. The Bertz CT molecular complexity index is 1050. The Balaban J connectivity index is 1.72. The maximum atomic E-state index is 6.30. The average Bonchev–Trinajstić information content (AvgIpc) is 3.04. The molecule has 2 heterocycles. The van der Waals surface area contributed by atoms with E-state index in [1.807, 2.05) is 54.4 Å². The van der Waals surface area contributed by atoms with Crippen molar-refractivity contribution in [3.05, 3.63) is 83.0 Å². The molecule has 29 heavy (non-hydrogen) atoms. The second-order valence-electron chi connectivity index (χ2n) is 6.93. The van der Waals surface area contributed by atoms with E-state index in [1.54, 1.807) is 23.5 Å². The van der Waals surface area contributed by atoms with E-state index in [1.165, 1.54) is 16.0 Å². The molecule has 6 heteroatoms. The van der Waals surface area contributed by atoms with Crippen LogP contribution in [0.25, 0.3) is 0 Å². The summed E-state index contributed by atoms with van der Waals surface area (Å²) in [7, 11) is 0. The van der Waals surface area contributed by atoms with Gasteiger partial charge in [-0.2, -0.15) is 0 Å². The van der Waals surface area contributed by atoms with E-state index in [4.69, 9.17) is 15.5 Å². The van der Waals surface area contributed by atoms with Gasteiger partial charge in [0.1, 0.15) is 11.2 Å². The van der Waals surface area contributed by atoms with Crippen LogP contribution in [0.3, 0.4) is 0 Å². The van der Waals surface area contributed by atoms with Crippen LogP contribution in [-0.2, 0) is 0 Å². The monoisotopic (exact) mass is 421 g/mol. The normalized spacial score (nSPS) is 16.1. The smallest absolute Gasteiger partial charge is 0.178 e. The lowest BCUT2D eigenvalue weighted by Gasteiger charge is -2.26. The molecule has 4 rings (SSSR count). The van der Waals surface area contributed by atoms with Crippen molar-refractivity contribution in [2.75, 3.05) is 4.90 Å². The number of aryl methyl sites for hydroxylation is 2. The molecule has 1 aromatic heterocycles. The van der Waals surface area contributed by atoms with Gasteiger partial charge in [0.15, 0.2) is 11.6 Å². The highest BCUT2D eigenvalue weighted by Crippen LogP contribution is 2.41. The van der Waals surface area contributed by atoms with Crippen LogP contribution in [0.1, 0.15) is 18.1 Å². The van der Waals surface area contributed by atoms with Crippen LogP contribution in [-0.4, -0.2) is 10.5 Å². The molecular formula is C23H23N3OS2. The van der Waals surface area contributed by atoms with Gasteiger partial charge in [0, 0.05) is 27.8 Å². The number of ether oxygens (including phenoxy) is 1. The number of pyridine rings is 1. The van der Waals surface area contributed by atoms with Crippen LogP contribution >= 0.6 is 23.5 Å². The summed E-state index contributed by atoms with van der Waals surface area (Å²) < 4.78 is 6.24. The Morgan fingerprint density at radius 2 is 1.86 bits per heavy atom. The maximum absolute atomic E-state index is 6.30. The van der Waals surface area contributed by atoms with Gasteiger partial charge in [-0.05, 0) is 55.5 Å². The van der Waals surface area contributed by atoms with Crippen molar-refractivity contribution in [2.24, 2.45) is 5.73 Å². The fraction of sp³-hybridized carbons (Fsp3) is 0.174. The first-order chi connectivity index (χ1) is 14.0. The molecule has 1 aliphatic heterocycles. The van der Waals surface area contributed by atoms with Crippen molar-refractivity contribution in [3.63, 3.8) is 0 Å². The number of benzene rings is 2. The Morgan fingerprint density at radius 1 is 1.07 bits per heavy atom. The number of anilines is 1. The van der Waals surface area contributed by atoms with Crippen LogP contribution in [0, 0.1) is 13.8 Å². The van der Waals surface area contributed by atoms with E-state index in [0.29, 0.717) is 5.75 Å². The van der Waals surface area contributed by atoms with Crippen molar-refractivity contribution in [1.82, 2.24) is 4.98 Å². The van der Waals surface area contributed by atoms with Gasteiger partial charge in [-0.25, -0.2) is 4.98 Å². The fourth-order valence-corrected chi connectivity index (χ4v) is 4.90. The molecule has 1 atom stereocenters. The second-order valence-corrected chi connectivity index (χ2v) is 9.04. The van der Waals surface area contributed by atoms with Gasteiger partial charge in [0.05, 0.1) is 0 Å². The summed E-state index contributed by atoms with van der Waals surface area (Å²) in [6.07, 6.45) is 1.89. The molecule has 0 amide bonds. The van der Waals surface area contributed by atoms with Gasteiger partial charge in [-0.3, -0.25) is 0 Å². The largest absolute Gasteiger partial charge is 0.453 e. The SMILES string of the molecule is CC1=CSC(N)N1c1ncc(Sc2cc(C)ccc2C)cc1Oc1ccccc1. The highest BCUT2D eigenvalue weighted by molar-refractivity contribution is 8.03. The molecule has 4 nitrogen and oxygen atoms in total. The van der Waals surface area contributed by atoms with Crippen LogP contribution in [0.15, 0.2) is 81.7 Å². The average molecular weight is 422 g/mol. The van der Waals surface area contributed by atoms with Gasteiger partial charge in [-0.15, -0.1) is 0 Å². The van der Waals surface area contributed by atoms with E-state index in [-0.39, 0.29) is 5.50 Å². The van der Waals surface area contributed by atoms with Gasteiger partial charge in [0.25, 0.3) is 0 Å². The number of nitrogens with zero attached hydrogens (tertiary/aromatic N) is 2. The van der Waals surface area contributed by atoms with E-state index in [0.717, 1.165) is 22.2 Å². The van der Waals surface area contributed by atoms with E-state index in [2.05, 4.69) is 37.5 Å². The first-order valence-corrected chi connectivity index (χ1v) is 11.1. The van der Waals surface area contributed by atoms with Crippen LogP contribution in [0.2, 0.25) is 0 Å². The lowest BCUT2D eigenvalue weighted by atomic mass is 10.2. The molecule has 0 saturated carbocycles. The van der Waals surface area contributed by atoms with Gasteiger partial charge >= 0.3 is 0 Å². The Hall–Kier alpha value is -2.41. The minimum absolute atomic E-state index is 0.210. The zero-order valence-electron chi connectivity index (χ0n) is 16.6. The zero-order valence-corrected chi connectivity index (χ0v) is 18.3. The topological polar surface area (TPSA) is 51.4 Å². The lowest BCUT2D eigenvalue weighted by molar-refractivity contribution is 0.478. The minimum Gasteiger partial charge on any atom is -0.453 e.